The molecule has 0 aromatic heterocycles. The van der Waals surface area contributed by atoms with E-state index in [1.807, 2.05) is 54.6 Å². The molecule has 1 unspecified atom stereocenters. The highest BCUT2D eigenvalue weighted by atomic mass is 16.5. The van der Waals surface area contributed by atoms with Crippen LogP contribution >= 0.6 is 0 Å². The molecule has 0 aliphatic carbocycles. The molecule has 1 saturated heterocycles. The summed E-state index contributed by atoms with van der Waals surface area (Å²) in [6.45, 7) is 2.82. The van der Waals surface area contributed by atoms with Gasteiger partial charge in [0.1, 0.15) is 5.75 Å². The molecular weight excluding hydrogens is 356 g/mol. The van der Waals surface area contributed by atoms with Gasteiger partial charge in [0.25, 0.3) is 0 Å². The lowest BCUT2D eigenvalue weighted by atomic mass is 10.2. The van der Waals surface area contributed by atoms with Crippen LogP contribution in [0.3, 0.4) is 0 Å². The van der Waals surface area contributed by atoms with Crippen molar-refractivity contribution < 1.29 is 9.47 Å². The average Bonchev–Trinajstić information content (AvgIpc) is 2.75. The molecule has 2 aliphatic heterocycles. The van der Waals surface area contributed by atoms with E-state index in [-0.39, 0.29) is 5.96 Å². The molecule has 2 aliphatic rings. The Morgan fingerprint density at radius 2 is 1.89 bits per heavy atom. The van der Waals surface area contributed by atoms with Gasteiger partial charge < -0.3 is 25.4 Å². The van der Waals surface area contributed by atoms with Gasteiger partial charge in [0.05, 0.1) is 20.3 Å². The van der Waals surface area contributed by atoms with Gasteiger partial charge in [-0.05, 0) is 24.3 Å². The maximum Gasteiger partial charge on any atom is 0.222 e. The molecule has 8 heteroatoms. The van der Waals surface area contributed by atoms with Crippen molar-refractivity contribution in [3.8, 4) is 5.75 Å². The van der Waals surface area contributed by atoms with Gasteiger partial charge >= 0.3 is 0 Å². The number of guanidine groups is 2. The number of rotatable bonds is 4. The number of hydrogen-bond donors (Lipinski definition) is 2. The zero-order valence-corrected chi connectivity index (χ0v) is 15.8. The Morgan fingerprint density at radius 3 is 2.64 bits per heavy atom. The number of hydrogen-bond acceptors (Lipinski definition) is 8. The molecule has 2 aromatic rings. The Hall–Kier alpha value is -3.26. The van der Waals surface area contributed by atoms with Crippen LogP contribution in [0.4, 0.5) is 11.4 Å². The van der Waals surface area contributed by atoms with Crippen molar-refractivity contribution in [1.29, 1.82) is 0 Å². The summed E-state index contributed by atoms with van der Waals surface area (Å²) >= 11 is 0. The van der Waals surface area contributed by atoms with Crippen LogP contribution in [0.1, 0.15) is 0 Å². The predicted octanol–water partition coefficient (Wildman–Crippen LogP) is 1.91. The van der Waals surface area contributed by atoms with Gasteiger partial charge in [0.2, 0.25) is 18.2 Å². The van der Waals surface area contributed by atoms with E-state index in [0.717, 1.165) is 36.2 Å². The first-order chi connectivity index (χ1) is 13.7. The van der Waals surface area contributed by atoms with E-state index in [9.17, 15) is 0 Å². The number of para-hydroxylation sites is 1. The van der Waals surface area contributed by atoms with Crippen molar-refractivity contribution in [3.63, 3.8) is 0 Å². The van der Waals surface area contributed by atoms with Gasteiger partial charge in [0.15, 0.2) is 0 Å². The van der Waals surface area contributed by atoms with Crippen LogP contribution < -0.4 is 20.7 Å². The number of nitrogens with zero attached hydrogens (tertiary/aromatic N) is 4. The van der Waals surface area contributed by atoms with Crippen LogP contribution in [-0.4, -0.2) is 56.5 Å². The molecule has 0 spiro atoms. The van der Waals surface area contributed by atoms with Gasteiger partial charge in [0, 0.05) is 30.5 Å². The monoisotopic (exact) mass is 380 g/mol. The van der Waals surface area contributed by atoms with Crippen molar-refractivity contribution in [2.45, 2.75) is 6.29 Å². The number of nitrogens with one attached hydrogen (secondary N) is 1. The van der Waals surface area contributed by atoms with Crippen LogP contribution in [0.15, 0.2) is 64.6 Å². The number of anilines is 2. The normalized spacial score (nSPS) is 19.7. The summed E-state index contributed by atoms with van der Waals surface area (Å²) < 4.78 is 10.8. The quantitative estimate of drug-likeness (QED) is 0.843. The maximum absolute atomic E-state index is 6.09. The summed E-state index contributed by atoms with van der Waals surface area (Å²) in [6.07, 6.45) is -0.440. The van der Waals surface area contributed by atoms with Gasteiger partial charge in [-0.25, -0.2) is 4.99 Å². The molecule has 1 atom stereocenters. The molecular formula is C20H24N6O2. The molecule has 0 amide bonds. The first-order valence-corrected chi connectivity index (χ1v) is 9.24. The number of benzene rings is 2. The number of methoxy groups -OCH3 is 1. The molecule has 3 N–H and O–H groups in total. The zero-order valence-electron chi connectivity index (χ0n) is 15.8. The van der Waals surface area contributed by atoms with Crippen molar-refractivity contribution in [2.75, 3.05) is 43.6 Å². The molecule has 1 fully saturated rings. The highest BCUT2D eigenvalue weighted by Crippen LogP contribution is 2.25. The Kier molecular flexibility index (Phi) is 5.29. The number of nitrogens with two attached hydrogens (primary N) is 1. The summed E-state index contributed by atoms with van der Waals surface area (Å²) in [4.78, 5) is 13.4. The van der Waals surface area contributed by atoms with E-state index in [1.54, 1.807) is 7.11 Å². The number of morpholine rings is 1. The van der Waals surface area contributed by atoms with Gasteiger partial charge in [-0.1, -0.05) is 24.3 Å². The highest BCUT2D eigenvalue weighted by Gasteiger charge is 2.31. The molecule has 2 heterocycles. The minimum absolute atomic E-state index is 0.245. The van der Waals surface area contributed by atoms with Gasteiger partial charge in [-0.2, -0.15) is 4.99 Å². The molecule has 4 rings (SSSR count). The van der Waals surface area contributed by atoms with E-state index >= 15 is 0 Å². The molecule has 0 saturated carbocycles. The summed E-state index contributed by atoms with van der Waals surface area (Å²) in [6, 6.07) is 17.8. The van der Waals surface area contributed by atoms with E-state index in [4.69, 9.17) is 15.2 Å². The van der Waals surface area contributed by atoms with Crippen LogP contribution in [0.2, 0.25) is 0 Å². The number of aliphatic imine (C=N–C) groups is 2. The minimum Gasteiger partial charge on any atom is -0.497 e. The van der Waals surface area contributed by atoms with Crippen LogP contribution in [0, 0.1) is 0 Å². The van der Waals surface area contributed by atoms with E-state index in [0.29, 0.717) is 13.2 Å². The third-order valence-corrected chi connectivity index (χ3v) is 4.62. The molecule has 146 valence electrons. The fraction of sp³-hybridized carbons (Fsp3) is 0.300. The zero-order chi connectivity index (χ0) is 19.3. The molecule has 8 nitrogen and oxygen atoms in total. The second-order valence-corrected chi connectivity index (χ2v) is 6.45. The minimum atomic E-state index is -0.440. The first-order valence-electron chi connectivity index (χ1n) is 9.24. The van der Waals surface area contributed by atoms with Crippen molar-refractivity contribution >= 4 is 23.3 Å². The Morgan fingerprint density at radius 1 is 1.11 bits per heavy atom. The summed E-state index contributed by atoms with van der Waals surface area (Å²) in [7, 11) is 1.65. The fourth-order valence-corrected chi connectivity index (χ4v) is 3.27. The third kappa shape index (κ3) is 3.86. The third-order valence-electron chi connectivity index (χ3n) is 4.62. The summed E-state index contributed by atoms with van der Waals surface area (Å²) in [5.41, 5.74) is 7.94. The lowest BCUT2D eigenvalue weighted by Crippen LogP contribution is -2.57. The molecule has 2 aromatic carbocycles. The van der Waals surface area contributed by atoms with Crippen LogP contribution in [-0.2, 0) is 4.74 Å². The van der Waals surface area contributed by atoms with E-state index < -0.39 is 6.29 Å². The standard InChI is InChI=1S/C20H24N6O2/c1-27-17-9-5-6-15(14-17)22-19-23-18(21)24-20(25-10-12-28-13-11-25)26(19)16-7-3-2-4-8-16/h2-9,14,19,22H,10-13H2,1H3,(H2,21,23). The van der Waals surface area contributed by atoms with Gasteiger partial charge in [-0.15, -0.1) is 0 Å². The SMILES string of the molecule is COc1cccc(NC2N=C(N)N=C(N3CCOCC3)N2c2ccccc2)c1. The lowest BCUT2D eigenvalue weighted by Gasteiger charge is -2.41. The predicted molar refractivity (Wildman–Crippen MR) is 111 cm³/mol. The lowest BCUT2D eigenvalue weighted by molar-refractivity contribution is 0.0671. The largest absolute Gasteiger partial charge is 0.497 e. The van der Waals surface area contributed by atoms with E-state index in [1.165, 1.54) is 0 Å². The second kappa shape index (κ2) is 8.18. The Labute approximate surface area is 164 Å². The smallest absolute Gasteiger partial charge is 0.222 e. The topological polar surface area (TPSA) is 87.7 Å². The summed E-state index contributed by atoms with van der Waals surface area (Å²) in [5.74, 6) is 1.78. The summed E-state index contributed by atoms with van der Waals surface area (Å²) in [5, 5.41) is 3.44. The molecule has 28 heavy (non-hydrogen) atoms. The molecule has 0 radical (unpaired) electrons. The van der Waals surface area contributed by atoms with Gasteiger partial charge in [-0.3, -0.25) is 4.90 Å². The first kappa shape index (κ1) is 18.1. The average molecular weight is 380 g/mol. The maximum atomic E-state index is 6.09. The van der Waals surface area contributed by atoms with Crippen molar-refractivity contribution in [1.82, 2.24) is 4.90 Å². The molecule has 0 bridgehead atoms. The second-order valence-electron chi connectivity index (χ2n) is 6.45. The van der Waals surface area contributed by atoms with Crippen molar-refractivity contribution in [2.24, 2.45) is 15.7 Å². The van der Waals surface area contributed by atoms with E-state index in [2.05, 4.69) is 25.1 Å². The van der Waals surface area contributed by atoms with Crippen LogP contribution in [0.25, 0.3) is 0 Å². The fourth-order valence-electron chi connectivity index (χ4n) is 3.27. The Balaban J connectivity index is 1.69. The van der Waals surface area contributed by atoms with Crippen LogP contribution in [0.5, 0.6) is 5.75 Å². The Bertz CT molecular complexity index is 864. The number of ether oxygens (including phenoxy) is 2. The van der Waals surface area contributed by atoms with Crippen molar-refractivity contribution in [3.05, 3.63) is 54.6 Å². The highest BCUT2D eigenvalue weighted by molar-refractivity contribution is 6.06.